The van der Waals surface area contributed by atoms with Crippen molar-refractivity contribution in [1.82, 2.24) is 0 Å². The third-order valence-electron chi connectivity index (χ3n) is 3.45. The summed E-state index contributed by atoms with van der Waals surface area (Å²) in [6, 6.07) is 6.56. The quantitative estimate of drug-likeness (QED) is 0.668. The zero-order valence-corrected chi connectivity index (χ0v) is 11.0. The summed E-state index contributed by atoms with van der Waals surface area (Å²) in [7, 11) is 1.52. The number of aliphatic hydroxyl groups is 1. The van der Waals surface area contributed by atoms with Gasteiger partial charge in [0, 0.05) is 11.5 Å². The number of hydrogen-bond acceptors (Lipinski definition) is 5. The van der Waals surface area contributed by atoms with Crippen LogP contribution in [0.4, 0.5) is 0 Å². The van der Waals surface area contributed by atoms with E-state index in [0.717, 1.165) is 5.39 Å². The summed E-state index contributed by atoms with van der Waals surface area (Å²) in [4.78, 5) is 11.5. The van der Waals surface area contributed by atoms with Crippen molar-refractivity contribution in [2.75, 3.05) is 13.7 Å². The first-order valence-electron chi connectivity index (χ1n) is 6.20. The first-order valence-corrected chi connectivity index (χ1v) is 6.20. The fourth-order valence-corrected chi connectivity index (χ4v) is 2.41. The van der Waals surface area contributed by atoms with Crippen LogP contribution >= 0.6 is 0 Å². The summed E-state index contributed by atoms with van der Waals surface area (Å²) in [5.41, 5.74) is 1.04. The molecule has 2 unspecified atom stereocenters. The van der Waals surface area contributed by atoms with Crippen molar-refractivity contribution >= 4 is 11.0 Å². The molecule has 2 aromatic rings. The highest BCUT2D eigenvalue weighted by Crippen LogP contribution is 2.40. The fraction of sp³-hybridized carbons (Fsp3) is 0.267. The van der Waals surface area contributed by atoms with Gasteiger partial charge in [-0.3, -0.25) is 0 Å². The Bertz CT molecular complexity index is 731. The van der Waals surface area contributed by atoms with Crippen LogP contribution in [0, 0.1) is 0 Å². The van der Waals surface area contributed by atoms with E-state index in [-0.39, 0.29) is 6.61 Å². The second kappa shape index (κ2) is 4.77. The summed E-state index contributed by atoms with van der Waals surface area (Å²) < 4.78 is 16.1. The van der Waals surface area contributed by atoms with Crippen molar-refractivity contribution in [3.63, 3.8) is 0 Å². The minimum absolute atomic E-state index is 0.266. The molecule has 1 N–H and O–H groups in total. The van der Waals surface area contributed by atoms with E-state index in [1.807, 2.05) is 0 Å². The molecule has 0 spiro atoms. The maximum atomic E-state index is 11.5. The molecule has 0 aliphatic carbocycles. The Hall–Kier alpha value is -2.11. The molecule has 104 valence electrons. The maximum Gasteiger partial charge on any atom is 0.336 e. The van der Waals surface area contributed by atoms with Crippen molar-refractivity contribution in [1.29, 1.82) is 0 Å². The minimum Gasteiger partial charge on any atom is -0.496 e. The highest BCUT2D eigenvalue weighted by atomic mass is 16.5. The highest BCUT2D eigenvalue weighted by molar-refractivity contribution is 5.82. The van der Waals surface area contributed by atoms with E-state index in [9.17, 15) is 9.90 Å². The van der Waals surface area contributed by atoms with Crippen LogP contribution in [-0.2, 0) is 4.74 Å². The van der Waals surface area contributed by atoms with E-state index in [2.05, 4.69) is 6.58 Å². The van der Waals surface area contributed by atoms with Gasteiger partial charge >= 0.3 is 5.63 Å². The second-order valence-electron chi connectivity index (χ2n) is 4.69. The third-order valence-corrected chi connectivity index (χ3v) is 3.45. The zero-order chi connectivity index (χ0) is 14.3. The Morgan fingerprint density at radius 3 is 2.75 bits per heavy atom. The second-order valence-corrected chi connectivity index (χ2v) is 4.69. The lowest BCUT2D eigenvalue weighted by Gasteiger charge is -2.18. The molecule has 3 rings (SSSR count). The van der Waals surface area contributed by atoms with Gasteiger partial charge in [0.25, 0.3) is 0 Å². The number of aliphatic hydroxyl groups excluding tert-OH is 1. The molecule has 2 heterocycles. The highest BCUT2D eigenvalue weighted by Gasteiger charge is 2.35. The van der Waals surface area contributed by atoms with E-state index in [4.69, 9.17) is 13.9 Å². The van der Waals surface area contributed by atoms with Crippen LogP contribution < -0.4 is 10.4 Å². The molecule has 0 amide bonds. The van der Waals surface area contributed by atoms with Crippen LogP contribution in [0.15, 0.2) is 45.6 Å². The SMILES string of the molecule is C=C1COC(c2c(OC)ccc3ccc(=O)oc23)C1O. The molecule has 1 aliphatic rings. The predicted octanol–water partition coefficient (Wildman–Crippen LogP) is 1.79. The van der Waals surface area contributed by atoms with E-state index in [0.29, 0.717) is 22.5 Å². The van der Waals surface area contributed by atoms with Gasteiger partial charge in [0.05, 0.1) is 19.3 Å². The van der Waals surface area contributed by atoms with E-state index < -0.39 is 17.8 Å². The number of fused-ring (bicyclic) bond motifs is 1. The molecule has 20 heavy (non-hydrogen) atoms. The Labute approximate surface area is 115 Å². The number of methoxy groups -OCH3 is 1. The first-order chi connectivity index (χ1) is 9.61. The molecular weight excluding hydrogens is 260 g/mol. The normalized spacial score (nSPS) is 22.4. The third kappa shape index (κ3) is 1.92. The molecule has 1 saturated heterocycles. The smallest absolute Gasteiger partial charge is 0.336 e. The van der Waals surface area contributed by atoms with Gasteiger partial charge in [0.2, 0.25) is 0 Å². The molecule has 1 aromatic heterocycles. The molecule has 5 heteroatoms. The molecule has 1 aromatic carbocycles. The van der Waals surface area contributed by atoms with Crippen LogP contribution in [0.5, 0.6) is 5.75 Å². The zero-order valence-electron chi connectivity index (χ0n) is 11.0. The number of hydrogen-bond donors (Lipinski definition) is 1. The van der Waals surface area contributed by atoms with Crippen LogP contribution in [-0.4, -0.2) is 24.9 Å². The van der Waals surface area contributed by atoms with Crippen LogP contribution in [0.3, 0.4) is 0 Å². The topological polar surface area (TPSA) is 68.9 Å². The molecule has 1 fully saturated rings. The Morgan fingerprint density at radius 1 is 1.35 bits per heavy atom. The van der Waals surface area contributed by atoms with Gasteiger partial charge in [-0.2, -0.15) is 0 Å². The van der Waals surface area contributed by atoms with E-state index in [1.54, 1.807) is 18.2 Å². The Balaban J connectivity index is 2.28. The average Bonchev–Trinajstić information content (AvgIpc) is 2.77. The lowest BCUT2D eigenvalue weighted by Crippen LogP contribution is -2.15. The van der Waals surface area contributed by atoms with Gasteiger partial charge in [-0.25, -0.2) is 4.79 Å². The molecule has 2 atom stereocenters. The number of ether oxygens (including phenoxy) is 2. The first kappa shape index (κ1) is 12.9. The van der Waals surface area contributed by atoms with Crippen molar-refractivity contribution in [3.05, 3.63) is 52.4 Å². The monoisotopic (exact) mass is 274 g/mol. The summed E-state index contributed by atoms with van der Waals surface area (Å²) in [5.74, 6) is 0.505. The van der Waals surface area contributed by atoms with Gasteiger partial charge in [0.1, 0.15) is 23.5 Å². The maximum absolute atomic E-state index is 11.5. The number of rotatable bonds is 2. The molecular formula is C15H14O5. The van der Waals surface area contributed by atoms with Crippen LogP contribution in [0.25, 0.3) is 11.0 Å². The summed E-state index contributed by atoms with van der Waals surface area (Å²) in [6.45, 7) is 4.02. The largest absolute Gasteiger partial charge is 0.496 e. The summed E-state index contributed by atoms with van der Waals surface area (Å²) in [5, 5.41) is 10.9. The van der Waals surface area contributed by atoms with E-state index in [1.165, 1.54) is 13.2 Å². The number of benzene rings is 1. The lowest BCUT2D eigenvalue weighted by atomic mass is 9.99. The van der Waals surface area contributed by atoms with Crippen LogP contribution in [0.1, 0.15) is 11.7 Å². The van der Waals surface area contributed by atoms with Gasteiger partial charge < -0.3 is 19.0 Å². The van der Waals surface area contributed by atoms with Gasteiger partial charge in [-0.15, -0.1) is 0 Å². The molecule has 0 bridgehead atoms. The minimum atomic E-state index is -0.847. The van der Waals surface area contributed by atoms with Crippen molar-refractivity contribution < 1.29 is 19.0 Å². The molecule has 0 saturated carbocycles. The Kier molecular flexibility index (Phi) is 3.08. The van der Waals surface area contributed by atoms with Crippen molar-refractivity contribution in [2.24, 2.45) is 0 Å². The van der Waals surface area contributed by atoms with Crippen LogP contribution in [0.2, 0.25) is 0 Å². The average molecular weight is 274 g/mol. The molecule has 0 radical (unpaired) electrons. The van der Waals surface area contributed by atoms with Crippen molar-refractivity contribution in [3.8, 4) is 5.75 Å². The Morgan fingerprint density at radius 2 is 2.10 bits per heavy atom. The standard InChI is InChI=1S/C15H14O5/c1-8-7-19-15(13(8)17)12-10(18-2)5-3-9-4-6-11(16)20-14(9)12/h3-6,13,15,17H,1,7H2,2H3. The predicted molar refractivity (Wildman–Crippen MR) is 72.9 cm³/mol. The summed E-state index contributed by atoms with van der Waals surface area (Å²) in [6.07, 6.45) is -1.49. The lowest BCUT2D eigenvalue weighted by molar-refractivity contribution is 0.0423. The van der Waals surface area contributed by atoms with Crippen molar-refractivity contribution in [2.45, 2.75) is 12.2 Å². The van der Waals surface area contributed by atoms with Gasteiger partial charge in [-0.05, 0) is 23.8 Å². The summed E-state index contributed by atoms with van der Waals surface area (Å²) >= 11 is 0. The molecule has 1 aliphatic heterocycles. The van der Waals surface area contributed by atoms with Gasteiger partial charge in [0.15, 0.2) is 0 Å². The fourth-order valence-electron chi connectivity index (χ4n) is 2.41. The molecule has 5 nitrogen and oxygen atoms in total. The van der Waals surface area contributed by atoms with E-state index >= 15 is 0 Å². The van der Waals surface area contributed by atoms with Gasteiger partial charge in [-0.1, -0.05) is 6.58 Å².